The predicted molar refractivity (Wildman–Crippen MR) is 52.2 cm³/mol. The normalized spacial score (nSPS) is 12.3. The summed E-state index contributed by atoms with van der Waals surface area (Å²) in [4.78, 5) is 1.93. The molecule has 74 valence electrons. The Hall–Kier alpha value is 0.490. The van der Waals surface area contributed by atoms with E-state index in [4.69, 9.17) is 22.3 Å². The first-order valence-corrected chi connectivity index (χ1v) is 6.71. The molecule has 0 rings (SSSR count). The SMILES string of the molecule is CCN(CCl)CCCS(=O)(=O)Cl. The van der Waals surface area contributed by atoms with Gasteiger partial charge < -0.3 is 0 Å². The largest absolute Gasteiger partial charge is 0.290 e. The zero-order valence-corrected chi connectivity index (χ0v) is 9.29. The first-order valence-electron chi connectivity index (χ1n) is 3.70. The summed E-state index contributed by atoms with van der Waals surface area (Å²) in [6.45, 7) is 3.47. The molecule has 0 heterocycles. The van der Waals surface area contributed by atoms with Crippen molar-refractivity contribution in [3.63, 3.8) is 0 Å². The van der Waals surface area contributed by atoms with E-state index in [1.807, 2.05) is 11.8 Å². The number of hydrogen-bond acceptors (Lipinski definition) is 3. The van der Waals surface area contributed by atoms with Crippen molar-refractivity contribution in [3.05, 3.63) is 0 Å². The fourth-order valence-electron chi connectivity index (χ4n) is 0.763. The van der Waals surface area contributed by atoms with Crippen molar-refractivity contribution in [2.75, 3.05) is 24.8 Å². The molecule has 0 saturated heterocycles. The van der Waals surface area contributed by atoms with Crippen molar-refractivity contribution in [3.8, 4) is 0 Å². The van der Waals surface area contributed by atoms with Gasteiger partial charge in [-0.15, -0.1) is 11.6 Å². The maximum absolute atomic E-state index is 10.5. The lowest BCUT2D eigenvalue weighted by Gasteiger charge is -2.15. The molecular formula is C6H13Cl2NO2S. The lowest BCUT2D eigenvalue weighted by molar-refractivity contribution is 0.336. The summed E-state index contributed by atoms with van der Waals surface area (Å²) in [5.74, 6) is 0.0158. The summed E-state index contributed by atoms with van der Waals surface area (Å²) in [6, 6.07) is 0.429. The number of rotatable bonds is 6. The second-order valence-corrected chi connectivity index (χ2v) is 5.56. The molecule has 0 fully saturated rings. The van der Waals surface area contributed by atoms with Gasteiger partial charge in [-0.2, -0.15) is 0 Å². The van der Waals surface area contributed by atoms with Gasteiger partial charge in [0.05, 0.1) is 11.8 Å². The molecule has 0 spiro atoms. The van der Waals surface area contributed by atoms with Crippen LogP contribution >= 0.6 is 22.3 Å². The van der Waals surface area contributed by atoms with Gasteiger partial charge in [0.15, 0.2) is 0 Å². The van der Waals surface area contributed by atoms with Gasteiger partial charge in [0.1, 0.15) is 0 Å². The highest BCUT2D eigenvalue weighted by Gasteiger charge is 2.06. The number of alkyl halides is 1. The summed E-state index contributed by atoms with van der Waals surface area (Å²) in [7, 11) is 1.69. The Labute approximate surface area is 83.1 Å². The van der Waals surface area contributed by atoms with Gasteiger partial charge in [0, 0.05) is 17.2 Å². The Morgan fingerprint density at radius 1 is 1.42 bits per heavy atom. The second-order valence-electron chi connectivity index (χ2n) is 2.43. The predicted octanol–water partition coefficient (Wildman–Crippen LogP) is 1.46. The molecule has 0 bridgehead atoms. The molecule has 0 amide bonds. The zero-order chi connectivity index (χ0) is 9.61. The quantitative estimate of drug-likeness (QED) is 0.396. The average Bonchev–Trinajstić information content (AvgIpc) is 1.96. The lowest BCUT2D eigenvalue weighted by Crippen LogP contribution is -2.24. The van der Waals surface area contributed by atoms with Gasteiger partial charge in [0.2, 0.25) is 9.05 Å². The highest BCUT2D eigenvalue weighted by Crippen LogP contribution is 2.01. The van der Waals surface area contributed by atoms with Crippen LogP contribution in [0.15, 0.2) is 0 Å². The molecule has 0 aliphatic rings. The summed E-state index contributed by atoms with van der Waals surface area (Å²) >= 11 is 5.56. The molecule has 0 aromatic heterocycles. The molecular weight excluding hydrogens is 221 g/mol. The Morgan fingerprint density at radius 2 is 2.00 bits per heavy atom. The van der Waals surface area contributed by atoms with Crippen molar-refractivity contribution < 1.29 is 8.42 Å². The van der Waals surface area contributed by atoms with Crippen LogP contribution in [0.4, 0.5) is 0 Å². The molecule has 0 aliphatic carbocycles. The van der Waals surface area contributed by atoms with Gasteiger partial charge >= 0.3 is 0 Å². The van der Waals surface area contributed by atoms with E-state index in [1.165, 1.54) is 0 Å². The molecule has 0 radical (unpaired) electrons. The van der Waals surface area contributed by atoms with E-state index in [0.717, 1.165) is 6.54 Å². The first-order chi connectivity index (χ1) is 5.49. The molecule has 0 aromatic carbocycles. The van der Waals surface area contributed by atoms with Crippen LogP contribution < -0.4 is 0 Å². The van der Waals surface area contributed by atoms with Gasteiger partial charge in [0.25, 0.3) is 0 Å². The highest BCUT2D eigenvalue weighted by molar-refractivity contribution is 8.13. The minimum absolute atomic E-state index is 0.0158. The van der Waals surface area contributed by atoms with Crippen molar-refractivity contribution in [1.29, 1.82) is 0 Å². The summed E-state index contributed by atoms with van der Waals surface area (Å²) in [6.07, 6.45) is 0.534. The Balaban J connectivity index is 3.55. The lowest BCUT2D eigenvalue weighted by atomic mass is 10.4. The fraction of sp³-hybridized carbons (Fsp3) is 1.00. The Bertz CT molecular complexity index is 202. The third-order valence-corrected chi connectivity index (χ3v) is 3.06. The molecule has 0 N–H and O–H groups in total. The average molecular weight is 234 g/mol. The van der Waals surface area contributed by atoms with E-state index >= 15 is 0 Å². The molecule has 0 saturated carbocycles. The summed E-state index contributed by atoms with van der Waals surface area (Å²) in [5.41, 5.74) is 0. The van der Waals surface area contributed by atoms with E-state index in [9.17, 15) is 8.42 Å². The van der Waals surface area contributed by atoms with Gasteiger partial charge in [-0.1, -0.05) is 6.92 Å². The van der Waals surface area contributed by atoms with Crippen molar-refractivity contribution in [2.24, 2.45) is 0 Å². The third-order valence-electron chi connectivity index (χ3n) is 1.48. The molecule has 12 heavy (non-hydrogen) atoms. The van der Waals surface area contributed by atoms with Crippen LogP contribution in [0.3, 0.4) is 0 Å². The van der Waals surface area contributed by atoms with Crippen molar-refractivity contribution >= 4 is 31.3 Å². The van der Waals surface area contributed by atoms with Gasteiger partial charge in [-0.3, -0.25) is 4.90 Å². The summed E-state index contributed by atoms with van der Waals surface area (Å²) in [5, 5.41) is 0. The van der Waals surface area contributed by atoms with Crippen LogP contribution in [-0.2, 0) is 9.05 Å². The van der Waals surface area contributed by atoms with Crippen molar-refractivity contribution in [1.82, 2.24) is 4.90 Å². The maximum Gasteiger partial charge on any atom is 0.232 e. The van der Waals surface area contributed by atoms with Crippen LogP contribution in [0.25, 0.3) is 0 Å². The number of nitrogens with zero attached hydrogens (tertiary/aromatic N) is 1. The summed E-state index contributed by atoms with van der Waals surface area (Å²) < 4.78 is 21.0. The fourth-order valence-corrected chi connectivity index (χ4v) is 1.85. The van der Waals surface area contributed by atoms with Crippen LogP contribution in [0.2, 0.25) is 0 Å². The first kappa shape index (κ1) is 12.5. The zero-order valence-electron chi connectivity index (χ0n) is 6.96. The Morgan fingerprint density at radius 3 is 2.33 bits per heavy atom. The van der Waals surface area contributed by atoms with E-state index in [0.29, 0.717) is 19.0 Å². The monoisotopic (exact) mass is 233 g/mol. The second kappa shape index (κ2) is 6.02. The molecule has 0 aliphatic heterocycles. The molecule has 0 aromatic rings. The maximum atomic E-state index is 10.5. The van der Waals surface area contributed by atoms with E-state index in [-0.39, 0.29) is 5.75 Å². The van der Waals surface area contributed by atoms with Crippen LogP contribution in [0.5, 0.6) is 0 Å². The smallest absolute Gasteiger partial charge is 0.232 e. The highest BCUT2D eigenvalue weighted by atomic mass is 35.7. The minimum Gasteiger partial charge on any atom is -0.290 e. The van der Waals surface area contributed by atoms with Crippen molar-refractivity contribution in [2.45, 2.75) is 13.3 Å². The molecule has 6 heteroatoms. The van der Waals surface area contributed by atoms with Crippen LogP contribution in [0.1, 0.15) is 13.3 Å². The van der Waals surface area contributed by atoms with Crippen LogP contribution in [-0.4, -0.2) is 38.2 Å². The minimum atomic E-state index is -3.33. The molecule has 3 nitrogen and oxygen atoms in total. The van der Waals surface area contributed by atoms with E-state index < -0.39 is 9.05 Å². The van der Waals surface area contributed by atoms with E-state index in [2.05, 4.69) is 0 Å². The number of halogens is 2. The number of hydrogen-bond donors (Lipinski definition) is 0. The van der Waals surface area contributed by atoms with E-state index in [1.54, 1.807) is 0 Å². The third kappa shape index (κ3) is 7.16. The molecule has 0 atom stereocenters. The standard InChI is InChI=1S/C6H13Cl2NO2S/c1-2-9(6-7)4-3-5-12(8,10)11/h2-6H2,1H3. The molecule has 0 unspecified atom stereocenters. The topological polar surface area (TPSA) is 37.4 Å². The van der Waals surface area contributed by atoms with Crippen LogP contribution in [0, 0.1) is 0 Å². The van der Waals surface area contributed by atoms with Gasteiger partial charge in [-0.05, 0) is 13.0 Å². The Kier molecular flexibility index (Phi) is 6.27. The van der Waals surface area contributed by atoms with Gasteiger partial charge in [-0.25, -0.2) is 8.42 Å².